The summed E-state index contributed by atoms with van der Waals surface area (Å²) in [5.74, 6) is 0.336. The van der Waals surface area contributed by atoms with Gasteiger partial charge in [0, 0.05) is 23.9 Å². The molecule has 20 heavy (non-hydrogen) atoms. The Labute approximate surface area is 124 Å². The van der Waals surface area contributed by atoms with Gasteiger partial charge < -0.3 is 4.90 Å². The van der Waals surface area contributed by atoms with Crippen LogP contribution in [0.15, 0.2) is 41.8 Å². The number of carbonyl (C=O) groups is 1. The van der Waals surface area contributed by atoms with Crippen LogP contribution < -0.4 is 0 Å². The molecule has 1 atom stereocenters. The van der Waals surface area contributed by atoms with Crippen LogP contribution in [0.25, 0.3) is 0 Å². The summed E-state index contributed by atoms with van der Waals surface area (Å²) in [6.45, 7) is 3.70. The number of fused-ring (bicyclic) bond motifs is 1. The number of thiophene rings is 1. The molecule has 0 spiro atoms. The summed E-state index contributed by atoms with van der Waals surface area (Å²) in [5, 5.41) is 2.13. The van der Waals surface area contributed by atoms with Gasteiger partial charge in [-0.05, 0) is 35.4 Å². The maximum atomic E-state index is 12.6. The quantitative estimate of drug-likeness (QED) is 0.845. The zero-order valence-electron chi connectivity index (χ0n) is 11.7. The van der Waals surface area contributed by atoms with Crippen molar-refractivity contribution >= 4 is 17.2 Å². The minimum atomic E-state index is 0.0533. The van der Waals surface area contributed by atoms with Gasteiger partial charge in [-0.3, -0.25) is 4.79 Å². The first-order valence-corrected chi connectivity index (χ1v) is 8.00. The second kappa shape index (κ2) is 5.80. The number of hydrogen-bond acceptors (Lipinski definition) is 2. The fraction of sp³-hybridized carbons (Fsp3) is 0.353. The van der Waals surface area contributed by atoms with Crippen molar-refractivity contribution in [2.45, 2.75) is 26.3 Å². The Kier molecular flexibility index (Phi) is 3.88. The summed E-state index contributed by atoms with van der Waals surface area (Å²) < 4.78 is 0. The number of rotatable bonds is 3. The Morgan fingerprint density at radius 1 is 1.30 bits per heavy atom. The van der Waals surface area contributed by atoms with Crippen molar-refractivity contribution in [2.75, 3.05) is 6.54 Å². The van der Waals surface area contributed by atoms with Gasteiger partial charge in [-0.25, -0.2) is 0 Å². The number of carbonyl (C=O) groups excluding carboxylic acids is 1. The molecule has 1 amide bonds. The summed E-state index contributed by atoms with van der Waals surface area (Å²) in [7, 11) is 0. The SMILES string of the molecule is CC(Cc1ccccc1)C(=O)N1CCc2sccc2C1. The van der Waals surface area contributed by atoms with E-state index < -0.39 is 0 Å². The van der Waals surface area contributed by atoms with Crippen molar-refractivity contribution in [1.29, 1.82) is 0 Å². The van der Waals surface area contributed by atoms with Crippen LogP contribution >= 0.6 is 11.3 Å². The third-order valence-corrected chi connectivity index (χ3v) is 4.95. The molecule has 2 aromatic rings. The second-order valence-corrected chi connectivity index (χ2v) is 6.47. The van der Waals surface area contributed by atoms with E-state index in [2.05, 4.69) is 23.6 Å². The summed E-state index contributed by atoms with van der Waals surface area (Å²) in [5.41, 5.74) is 2.57. The molecule has 0 aliphatic carbocycles. The van der Waals surface area contributed by atoms with Crippen molar-refractivity contribution in [2.24, 2.45) is 5.92 Å². The predicted molar refractivity (Wildman–Crippen MR) is 82.8 cm³/mol. The van der Waals surface area contributed by atoms with E-state index in [-0.39, 0.29) is 11.8 Å². The van der Waals surface area contributed by atoms with Gasteiger partial charge in [0.25, 0.3) is 0 Å². The largest absolute Gasteiger partial charge is 0.338 e. The van der Waals surface area contributed by atoms with Gasteiger partial charge in [0.05, 0.1) is 0 Å². The lowest BCUT2D eigenvalue weighted by Gasteiger charge is -2.29. The summed E-state index contributed by atoms with van der Waals surface area (Å²) in [6, 6.07) is 12.4. The van der Waals surface area contributed by atoms with Crippen LogP contribution in [0.5, 0.6) is 0 Å². The normalized spacial score (nSPS) is 15.8. The minimum absolute atomic E-state index is 0.0533. The molecule has 0 saturated heterocycles. The van der Waals surface area contributed by atoms with Crippen molar-refractivity contribution in [3.8, 4) is 0 Å². The van der Waals surface area contributed by atoms with Crippen LogP contribution in [0.3, 0.4) is 0 Å². The highest BCUT2D eigenvalue weighted by Crippen LogP contribution is 2.25. The lowest BCUT2D eigenvalue weighted by molar-refractivity contribution is -0.135. The monoisotopic (exact) mass is 285 g/mol. The zero-order valence-corrected chi connectivity index (χ0v) is 12.5. The Morgan fingerprint density at radius 3 is 2.90 bits per heavy atom. The molecule has 1 aromatic heterocycles. The summed E-state index contributed by atoms with van der Waals surface area (Å²) >= 11 is 1.81. The van der Waals surface area contributed by atoms with E-state index in [4.69, 9.17) is 0 Å². The first-order valence-electron chi connectivity index (χ1n) is 7.12. The number of benzene rings is 1. The molecule has 3 rings (SSSR count). The van der Waals surface area contributed by atoms with Crippen LogP contribution in [-0.4, -0.2) is 17.4 Å². The smallest absolute Gasteiger partial charge is 0.226 e. The average Bonchev–Trinajstić information content (AvgIpc) is 2.94. The van der Waals surface area contributed by atoms with Gasteiger partial charge in [-0.15, -0.1) is 11.3 Å². The highest BCUT2D eigenvalue weighted by molar-refractivity contribution is 7.10. The minimum Gasteiger partial charge on any atom is -0.338 e. The standard InChI is InChI=1S/C17H19NOS/c1-13(11-14-5-3-2-4-6-14)17(19)18-9-7-16-15(12-18)8-10-20-16/h2-6,8,10,13H,7,9,11-12H2,1H3. The van der Waals surface area contributed by atoms with E-state index in [1.807, 2.05) is 41.4 Å². The van der Waals surface area contributed by atoms with E-state index in [9.17, 15) is 4.79 Å². The number of hydrogen-bond donors (Lipinski definition) is 0. The van der Waals surface area contributed by atoms with E-state index in [1.165, 1.54) is 16.0 Å². The molecule has 1 aliphatic rings. The molecule has 0 N–H and O–H groups in total. The van der Waals surface area contributed by atoms with Gasteiger partial charge in [0.1, 0.15) is 0 Å². The van der Waals surface area contributed by atoms with E-state index in [0.29, 0.717) is 0 Å². The molecule has 1 unspecified atom stereocenters. The first-order chi connectivity index (χ1) is 9.74. The van der Waals surface area contributed by atoms with Crippen LogP contribution in [-0.2, 0) is 24.2 Å². The van der Waals surface area contributed by atoms with Crippen LogP contribution in [0, 0.1) is 5.92 Å². The van der Waals surface area contributed by atoms with Crippen LogP contribution in [0.1, 0.15) is 22.9 Å². The van der Waals surface area contributed by atoms with Crippen molar-refractivity contribution in [3.05, 3.63) is 57.8 Å². The van der Waals surface area contributed by atoms with Crippen molar-refractivity contribution in [1.82, 2.24) is 4.90 Å². The van der Waals surface area contributed by atoms with E-state index in [0.717, 1.165) is 25.9 Å². The topological polar surface area (TPSA) is 20.3 Å². The first kappa shape index (κ1) is 13.4. The van der Waals surface area contributed by atoms with Crippen molar-refractivity contribution < 1.29 is 4.79 Å². The van der Waals surface area contributed by atoms with Gasteiger partial charge in [0.15, 0.2) is 0 Å². The summed E-state index contributed by atoms with van der Waals surface area (Å²) in [6.07, 6.45) is 1.84. The van der Waals surface area contributed by atoms with Gasteiger partial charge in [-0.2, -0.15) is 0 Å². The van der Waals surface area contributed by atoms with Gasteiger partial charge in [0.2, 0.25) is 5.91 Å². The molecule has 3 heteroatoms. The van der Waals surface area contributed by atoms with E-state index in [1.54, 1.807) is 0 Å². The Bertz CT molecular complexity index is 590. The maximum absolute atomic E-state index is 12.6. The molecule has 2 heterocycles. The van der Waals surface area contributed by atoms with Crippen molar-refractivity contribution in [3.63, 3.8) is 0 Å². The highest BCUT2D eigenvalue weighted by Gasteiger charge is 2.25. The second-order valence-electron chi connectivity index (χ2n) is 5.47. The van der Waals surface area contributed by atoms with E-state index >= 15 is 0 Å². The predicted octanol–water partition coefficient (Wildman–Crippen LogP) is 3.51. The fourth-order valence-corrected chi connectivity index (χ4v) is 3.69. The third kappa shape index (κ3) is 2.78. The summed E-state index contributed by atoms with van der Waals surface area (Å²) in [4.78, 5) is 16.0. The van der Waals surface area contributed by atoms with Crippen LogP contribution in [0.4, 0.5) is 0 Å². The molecule has 0 fully saturated rings. The van der Waals surface area contributed by atoms with Crippen LogP contribution in [0.2, 0.25) is 0 Å². The molecule has 0 radical (unpaired) electrons. The molecule has 2 nitrogen and oxygen atoms in total. The van der Waals surface area contributed by atoms with Gasteiger partial charge in [-0.1, -0.05) is 37.3 Å². The average molecular weight is 285 g/mol. The third-order valence-electron chi connectivity index (χ3n) is 3.93. The number of nitrogens with zero attached hydrogens (tertiary/aromatic N) is 1. The molecular weight excluding hydrogens is 266 g/mol. The highest BCUT2D eigenvalue weighted by atomic mass is 32.1. The zero-order chi connectivity index (χ0) is 13.9. The fourth-order valence-electron chi connectivity index (χ4n) is 2.80. The lowest BCUT2D eigenvalue weighted by atomic mass is 9.98. The molecule has 104 valence electrons. The number of amides is 1. The van der Waals surface area contributed by atoms with Gasteiger partial charge >= 0.3 is 0 Å². The molecule has 1 aromatic carbocycles. The Hall–Kier alpha value is -1.61. The molecule has 1 aliphatic heterocycles. The lowest BCUT2D eigenvalue weighted by Crippen LogP contribution is -2.39. The maximum Gasteiger partial charge on any atom is 0.226 e. The Morgan fingerprint density at radius 2 is 2.10 bits per heavy atom. The molecular formula is C17H19NOS. The molecule has 0 saturated carbocycles. The Balaban J connectivity index is 1.64. The molecule has 0 bridgehead atoms.